The quantitative estimate of drug-likeness (QED) is 0.137. The van der Waals surface area contributed by atoms with Crippen molar-refractivity contribution in [3.63, 3.8) is 0 Å². The highest BCUT2D eigenvalue weighted by atomic mass is 16.6. The maximum atomic E-state index is 13.3. The van der Waals surface area contributed by atoms with Gasteiger partial charge in [0.15, 0.2) is 0 Å². The Morgan fingerprint density at radius 3 is 2.59 bits per heavy atom. The third kappa shape index (κ3) is 2.43. The highest BCUT2D eigenvalue weighted by Crippen LogP contribution is 2.94. The molecular weight excluding hydrogens is 462 g/mol. The molecule has 5 aliphatic carbocycles. The first kappa shape index (κ1) is 21.4. The van der Waals surface area contributed by atoms with Gasteiger partial charge in [-0.25, -0.2) is 4.79 Å². The van der Waals surface area contributed by atoms with Crippen LogP contribution in [0.25, 0.3) is 11.1 Å². The number of nitro benzene ring substituents is 1. The maximum absolute atomic E-state index is 13.3. The third-order valence-corrected chi connectivity index (χ3v) is 10.5. The summed E-state index contributed by atoms with van der Waals surface area (Å²) in [5, 5.41) is 11.0. The number of fused-ring (bicyclic) bond motifs is 6. The maximum Gasteiger partial charge on any atom is 0.338 e. The van der Waals surface area contributed by atoms with E-state index in [1.54, 1.807) is 0 Å². The van der Waals surface area contributed by atoms with Crippen LogP contribution in [-0.2, 0) is 16.6 Å². The van der Waals surface area contributed by atoms with Crippen LogP contribution < -0.4 is 0 Å². The van der Waals surface area contributed by atoms with Gasteiger partial charge in [0, 0.05) is 28.9 Å². The molecule has 0 amide bonds. The number of nitrogens with zero attached hydrogens (tertiary/aromatic N) is 1. The summed E-state index contributed by atoms with van der Waals surface area (Å²) in [6.07, 6.45) is 9.88. The predicted octanol–water partition coefficient (Wildman–Crippen LogP) is 6.78. The van der Waals surface area contributed by atoms with Crippen molar-refractivity contribution in [2.45, 2.75) is 50.0 Å². The van der Waals surface area contributed by atoms with Gasteiger partial charge >= 0.3 is 5.97 Å². The van der Waals surface area contributed by atoms with Crippen LogP contribution in [0.15, 0.2) is 78.9 Å². The number of rotatable bonds is 4. The number of benzene rings is 3. The van der Waals surface area contributed by atoms with E-state index < -0.39 is 10.5 Å². The number of carbonyl (C=O) groups excluding carboxylic acids is 1. The summed E-state index contributed by atoms with van der Waals surface area (Å²) in [5.41, 5.74) is 6.72. The van der Waals surface area contributed by atoms with Crippen LogP contribution in [0.1, 0.15) is 59.7 Å². The van der Waals surface area contributed by atoms with Gasteiger partial charge in [-0.05, 0) is 77.5 Å². The van der Waals surface area contributed by atoms with Crippen LogP contribution in [0.5, 0.6) is 0 Å². The van der Waals surface area contributed by atoms with E-state index in [0.717, 1.165) is 32.1 Å². The molecule has 0 N–H and O–H groups in total. The molecule has 0 heterocycles. The number of hydrogen-bond acceptors (Lipinski definition) is 4. The van der Waals surface area contributed by atoms with Crippen LogP contribution in [0.4, 0.5) is 5.69 Å². The zero-order chi connectivity index (χ0) is 25.2. The van der Waals surface area contributed by atoms with E-state index in [0.29, 0.717) is 5.56 Å². The Bertz CT molecular complexity index is 1570. The minimum absolute atomic E-state index is 0.00422. The lowest BCUT2D eigenvalue weighted by molar-refractivity contribution is -0.384. The molecular formula is C32H27NO4. The van der Waals surface area contributed by atoms with E-state index in [2.05, 4.69) is 61.5 Å². The van der Waals surface area contributed by atoms with Crippen molar-refractivity contribution in [1.82, 2.24) is 0 Å². The summed E-state index contributed by atoms with van der Waals surface area (Å²) in [6, 6.07) is 21.5. The second-order valence-corrected chi connectivity index (χ2v) is 12.1. The molecule has 1 spiro atoms. The Labute approximate surface area is 215 Å². The summed E-state index contributed by atoms with van der Waals surface area (Å²) in [4.78, 5) is 23.9. The van der Waals surface area contributed by atoms with Crippen LogP contribution in [0.3, 0.4) is 0 Å². The summed E-state index contributed by atoms with van der Waals surface area (Å²) in [6.45, 7) is 2.28. The van der Waals surface area contributed by atoms with E-state index in [-0.39, 0.29) is 33.8 Å². The van der Waals surface area contributed by atoms with E-state index in [1.165, 1.54) is 52.1 Å². The van der Waals surface area contributed by atoms with Crippen molar-refractivity contribution >= 4 is 11.7 Å². The summed E-state index contributed by atoms with van der Waals surface area (Å²) < 4.78 is 6.45. The van der Waals surface area contributed by atoms with Crippen molar-refractivity contribution in [3.8, 4) is 11.1 Å². The number of esters is 1. The minimum Gasteiger partial charge on any atom is -0.455 e. The van der Waals surface area contributed by atoms with Gasteiger partial charge in [-0.1, -0.05) is 61.5 Å². The SMILES string of the molecule is C[C@@]12CC34CCC=C[C@]3(c3ccc5c(c3)Cc3ccccc3-5)[C@H]4[C@]1(OC(=O)c1ccc([N+](=O)[O-])cc1)C2. The summed E-state index contributed by atoms with van der Waals surface area (Å²) in [5.74, 6) is -0.108. The second-order valence-electron chi connectivity index (χ2n) is 12.1. The molecule has 8 rings (SSSR count). The molecule has 0 saturated heterocycles. The molecule has 3 fully saturated rings. The first-order chi connectivity index (χ1) is 17.8. The van der Waals surface area contributed by atoms with Crippen LogP contribution in [0, 0.1) is 26.9 Å². The number of nitro groups is 1. The lowest BCUT2D eigenvalue weighted by Gasteiger charge is -2.31. The molecule has 184 valence electrons. The number of non-ortho nitro benzene ring substituents is 1. The third-order valence-electron chi connectivity index (χ3n) is 10.5. The summed E-state index contributed by atoms with van der Waals surface area (Å²) >= 11 is 0. The van der Waals surface area contributed by atoms with Gasteiger partial charge in [0.1, 0.15) is 5.60 Å². The number of ether oxygens (including phenoxy) is 1. The Kier molecular flexibility index (Phi) is 3.80. The van der Waals surface area contributed by atoms with Gasteiger partial charge in [0.25, 0.3) is 5.69 Å². The Morgan fingerprint density at radius 2 is 1.78 bits per heavy atom. The molecule has 1 unspecified atom stereocenters. The molecule has 37 heavy (non-hydrogen) atoms. The number of carbonyl (C=O) groups is 1. The molecule has 0 aliphatic heterocycles. The van der Waals surface area contributed by atoms with E-state index in [9.17, 15) is 14.9 Å². The van der Waals surface area contributed by atoms with Gasteiger partial charge in [0.05, 0.1) is 10.5 Å². The monoisotopic (exact) mass is 489 g/mol. The lowest BCUT2D eigenvalue weighted by Crippen LogP contribution is -2.32. The van der Waals surface area contributed by atoms with E-state index in [1.807, 2.05) is 0 Å². The highest BCUT2D eigenvalue weighted by molar-refractivity contribution is 5.90. The fourth-order valence-corrected chi connectivity index (χ4v) is 9.00. The van der Waals surface area contributed by atoms with Crippen LogP contribution >= 0.6 is 0 Å². The highest BCUT2D eigenvalue weighted by Gasteiger charge is 2.96. The molecule has 5 heteroatoms. The summed E-state index contributed by atoms with van der Waals surface area (Å²) in [7, 11) is 0. The van der Waals surface area contributed by atoms with Crippen LogP contribution in [-0.4, -0.2) is 16.5 Å². The van der Waals surface area contributed by atoms with Crippen molar-refractivity contribution < 1.29 is 14.5 Å². The number of allylic oxidation sites excluding steroid dienone is 2. The van der Waals surface area contributed by atoms with Gasteiger partial charge in [-0.15, -0.1) is 0 Å². The zero-order valence-electron chi connectivity index (χ0n) is 20.7. The fraction of sp³-hybridized carbons (Fsp3) is 0.344. The van der Waals surface area contributed by atoms with Gasteiger partial charge in [-0.3, -0.25) is 10.1 Å². The largest absolute Gasteiger partial charge is 0.455 e. The fourth-order valence-electron chi connectivity index (χ4n) is 9.00. The average molecular weight is 490 g/mol. The van der Waals surface area contributed by atoms with Crippen molar-refractivity contribution in [3.05, 3.63) is 111 Å². The smallest absolute Gasteiger partial charge is 0.338 e. The van der Waals surface area contributed by atoms with Gasteiger partial charge in [0.2, 0.25) is 0 Å². The molecule has 3 saturated carbocycles. The predicted molar refractivity (Wildman–Crippen MR) is 139 cm³/mol. The van der Waals surface area contributed by atoms with E-state index >= 15 is 0 Å². The number of hydrogen-bond donors (Lipinski definition) is 0. The topological polar surface area (TPSA) is 69.4 Å². The molecule has 3 aromatic carbocycles. The molecule has 5 aliphatic rings. The lowest BCUT2D eigenvalue weighted by atomic mass is 9.73. The van der Waals surface area contributed by atoms with Crippen molar-refractivity contribution in [2.24, 2.45) is 16.7 Å². The Hall–Kier alpha value is -3.73. The molecule has 5 nitrogen and oxygen atoms in total. The first-order valence-electron chi connectivity index (χ1n) is 13.2. The molecule has 0 bridgehead atoms. The minimum atomic E-state index is -0.484. The molecule has 0 radical (unpaired) electrons. The molecule has 0 aromatic heterocycles. The Morgan fingerprint density at radius 1 is 1.00 bits per heavy atom. The zero-order valence-corrected chi connectivity index (χ0v) is 20.7. The first-order valence-corrected chi connectivity index (χ1v) is 13.2. The standard InChI is InChI=1S/C32H27NO4/c1-29-18-30-14-4-5-15-31(30,23-10-13-26-22(17-23)16-21-6-2-3-7-25(21)26)28(30)32(29,19-29)37-27(34)20-8-11-24(12-9-20)33(35)36/h2-3,5-13,15,17,28H,4,14,16,18-19H2,1H3/t28-,29-,30?,31-,32+/m0/s1. The van der Waals surface area contributed by atoms with Gasteiger partial charge < -0.3 is 4.74 Å². The molecule has 5 atom stereocenters. The van der Waals surface area contributed by atoms with Crippen molar-refractivity contribution in [1.29, 1.82) is 0 Å². The van der Waals surface area contributed by atoms with Crippen molar-refractivity contribution in [2.75, 3.05) is 0 Å². The average Bonchev–Trinajstić information content (AvgIpc) is 3.59. The second kappa shape index (κ2) is 6.58. The van der Waals surface area contributed by atoms with Gasteiger partial charge in [-0.2, -0.15) is 0 Å². The molecule has 3 aromatic rings. The van der Waals surface area contributed by atoms with Crippen LogP contribution in [0.2, 0.25) is 0 Å². The normalized spacial score (nSPS) is 35.0. The van der Waals surface area contributed by atoms with E-state index in [4.69, 9.17) is 4.74 Å². The Balaban J connectivity index is 1.16.